The zero-order valence-electron chi connectivity index (χ0n) is 9.80. The summed E-state index contributed by atoms with van der Waals surface area (Å²) in [6, 6.07) is 1.81. The molecule has 1 aromatic rings. The highest BCUT2D eigenvalue weighted by molar-refractivity contribution is 5.29. The zero-order chi connectivity index (χ0) is 13.3. The van der Waals surface area contributed by atoms with Crippen molar-refractivity contribution in [2.45, 2.75) is 37.9 Å². The summed E-state index contributed by atoms with van der Waals surface area (Å²) in [5, 5.41) is 0. The highest BCUT2D eigenvalue weighted by Gasteiger charge is 2.33. The summed E-state index contributed by atoms with van der Waals surface area (Å²) in [4.78, 5) is 0. The van der Waals surface area contributed by atoms with Crippen molar-refractivity contribution in [3.8, 4) is 0 Å². The summed E-state index contributed by atoms with van der Waals surface area (Å²) in [6.07, 6.45) is -0.719. The van der Waals surface area contributed by atoms with Crippen LogP contribution < -0.4 is 5.73 Å². The maximum atomic E-state index is 13.6. The minimum atomic E-state index is -4.46. The van der Waals surface area contributed by atoms with Crippen LogP contribution in [0.1, 0.15) is 42.9 Å². The lowest BCUT2D eigenvalue weighted by Crippen LogP contribution is -2.21. The molecule has 1 atom stereocenters. The van der Waals surface area contributed by atoms with Gasteiger partial charge in [-0.25, -0.2) is 4.39 Å². The van der Waals surface area contributed by atoms with Gasteiger partial charge < -0.3 is 5.73 Å². The van der Waals surface area contributed by atoms with Crippen molar-refractivity contribution >= 4 is 0 Å². The number of alkyl halides is 3. The van der Waals surface area contributed by atoms with Crippen LogP contribution in [0.5, 0.6) is 0 Å². The summed E-state index contributed by atoms with van der Waals surface area (Å²) in [6.45, 7) is 0. The Morgan fingerprint density at radius 1 is 1.17 bits per heavy atom. The predicted octanol–water partition coefficient (Wildman–Crippen LogP) is 4.03. The molecular formula is C13H15F4N. The number of halogens is 4. The van der Waals surface area contributed by atoms with Crippen molar-refractivity contribution < 1.29 is 17.6 Å². The van der Waals surface area contributed by atoms with E-state index in [1.165, 1.54) is 0 Å². The van der Waals surface area contributed by atoms with Crippen molar-refractivity contribution in [2.75, 3.05) is 0 Å². The van der Waals surface area contributed by atoms with Crippen LogP contribution >= 0.6 is 0 Å². The second kappa shape index (κ2) is 4.88. The van der Waals surface area contributed by atoms with Crippen LogP contribution in [0.4, 0.5) is 17.6 Å². The predicted molar refractivity (Wildman–Crippen MR) is 60.3 cm³/mol. The summed E-state index contributed by atoms with van der Waals surface area (Å²) in [7, 11) is 0. The van der Waals surface area contributed by atoms with Crippen LogP contribution in [0.2, 0.25) is 0 Å². The van der Waals surface area contributed by atoms with E-state index in [-0.39, 0.29) is 11.5 Å². The first kappa shape index (κ1) is 13.3. The molecule has 0 aliphatic heterocycles. The van der Waals surface area contributed by atoms with Gasteiger partial charge in [-0.1, -0.05) is 12.8 Å². The van der Waals surface area contributed by atoms with Gasteiger partial charge in [-0.3, -0.25) is 0 Å². The molecule has 0 aromatic heterocycles. The Kier molecular flexibility index (Phi) is 3.61. The lowest BCUT2D eigenvalue weighted by Gasteiger charge is -2.21. The molecule has 1 aromatic carbocycles. The number of nitrogens with two attached hydrogens (primary N) is 1. The quantitative estimate of drug-likeness (QED) is 0.799. The third-order valence-electron chi connectivity index (χ3n) is 3.59. The van der Waals surface area contributed by atoms with Crippen molar-refractivity contribution in [1.82, 2.24) is 0 Å². The summed E-state index contributed by atoms with van der Waals surface area (Å²) in [5.41, 5.74) is 5.05. The van der Waals surface area contributed by atoms with Crippen LogP contribution in [0.15, 0.2) is 18.2 Å². The molecule has 1 aliphatic rings. The first-order valence-electron chi connectivity index (χ1n) is 6.02. The summed E-state index contributed by atoms with van der Waals surface area (Å²) in [5.74, 6) is -0.564. The molecule has 0 amide bonds. The maximum Gasteiger partial charge on any atom is 0.416 e. The molecule has 2 N–H and O–H groups in total. The lowest BCUT2D eigenvalue weighted by atomic mass is 9.91. The largest absolute Gasteiger partial charge is 0.416 e. The number of benzene rings is 1. The third kappa shape index (κ3) is 2.66. The molecule has 0 radical (unpaired) electrons. The SMILES string of the molecule is NC(c1cc(C(F)(F)F)ccc1F)C1CCCC1. The Labute approximate surface area is 103 Å². The molecule has 5 heteroatoms. The van der Waals surface area contributed by atoms with Gasteiger partial charge in [0.25, 0.3) is 0 Å². The van der Waals surface area contributed by atoms with Gasteiger partial charge in [0.2, 0.25) is 0 Å². The van der Waals surface area contributed by atoms with E-state index in [9.17, 15) is 17.6 Å². The number of hydrogen-bond acceptors (Lipinski definition) is 1. The molecule has 1 unspecified atom stereocenters. The van der Waals surface area contributed by atoms with E-state index < -0.39 is 23.6 Å². The maximum absolute atomic E-state index is 13.6. The second-order valence-electron chi connectivity index (χ2n) is 4.80. The zero-order valence-corrected chi connectivity index (χ0v) is 9.80. The highest BCUT2D eigenvalue weighted by Crippen LogP contribution is 2.37. The van der Waals surface area contributed by atoms with Crippen LogP contribution in [-0.2, 0) is 6.18 Å². The number of hydrogen-bond donors (Lipinski definition) is 1. The Balaban J connectivity index is 2.31. The molecule has 1 aliphatic carbocycles. The van der Waals surface area contributed by atoms with Gasteiger partial charge in [-0.2, -0.15) is 13.2 Å². The fourth-order valence-corrected chi connectivity index (χ4v) is 2.55. The Morgan fingerprint density at radius 3 is 2.33 bits per heavy atom. The Morgan fingerprint density at radius 2 is 1.78 bits per heavy atom. The lowest BCUT2D eigenvalue weighted by molar-refractivity contribution is -0.137. The molecule has 1 fully saturated rings. The van der Waals surface area contributed by atoms with Gasteiger partial charge in [0.05, 0.1) is 5.56 Å². The Hall–Kier alpha value is -1.10. The molecule has 0 bridgehead atoms. The summed E-state index contributed by atoms with van der Waals surface area (Å²) >= 11 is 0. The van der Waals surface area contributed by atoms with E-state index in [4.69, 9.17) is 5.73 Å². The van der Waals surface area contributed by atoms with Crippen LogP contribution in [0.3, 0.4) is 0 Å². The topological polar surface area (TPSA) is 26.0 Å². The van der Waals surface area contributed by atoms with E-state index in [0.29, 0.717) is 0 Å². The minimum absolute atomic E-state index is 0.0169. The molecule has 1 saturated carbocycles. The van der Waals surface area contributed by atoms with Gasteiger partial charge in [0.15, 0.2) is 0 Å². The average Bonchev–Trinajstić information content (AvgIpc) is 2.80. The van der Waals surface area contributed by atoms with E-state index in [0.717, 1.165) is 43.9 Å². The minimum Gasteiger partial charge on any atom is -0.324 e. The third-order valence-corrected chi connectivity index (χ3v) is 3.59. The molecule has 1 nitrogen and oxygen atoms in total. The van der Waals surface area contributed by atoms with Gasteiger partial charge in [-0.05, 0) is 37.0 Å². The molecule has 18 heavy (non-hydrogen) atoms. The fraction of sp³-hybridized carbons (Fsp3) is 0.538. The highest BCUT2D eigenvalue weighted by atomic mass is 19.4. The van der Waals surface area contributed by atoms with Crippen LogP contribution in [-0.4, -0.2) is 0 Å². The first-order chi connectivity index (χ1) is 8.39. The molecule has 0 heterocycles. The van der Waals surface area contributed by atoms with E-state index in [1.54, 1.807) is 0 Å². The van der Waals surface area contributed by atoms with E-state index in [2.05, 4.69) is 0 Å². The monoisotopic (exact) mass is 261 g/mol. The van der Waals surface area contributed by atoms with Gasteiger partial charge in [0, 0.05) is 11.6 Å². The Bertz CT molecular complexity index is 421. The van der Waals surface area contributed by atoms with Crippen LogP contribution in [0, 0.1) is 11.7 Å². The normalized spacial score (nSPS) is 19.2. The van der Waals surface area contributed by atoms with Gasteiger partial charge in [-0.15, -0.1) is 0 Å². The molecule has 100 valence electrons. The summed E-state index contributed by atoms with van der Waals surface area (Å²) < 4.78 is 51.3. The van der Waals surface area contributed by atoms with Crippen molar-refractivity contribution in [2.24, 2.45) is 11.7 Å². The number of rotatable bonds is 2. The van der Waals surface area contributed by atoms with Gasteiger partial charge >= 0.3 is 6.18 Å². The molecule has 0 spiro atoms. The average molecular weight is 261 g/mol. The second-order valence-corrected chi connectivity index (χ2v) is 4.80. The van der Waals surface area contributed by atoms with Gasteiger partial charge in [0.1, 0.15) is 5.82 Å². The van der Waals surface area contributed by atoms with Crippen molar-refractivity contribution in [3.63, 3.8) is 0 Å². The molecule has 2 rings (SSSR count). The van der Waals surface area contributed by atoms with E-state index >= 15 is 0 Å². The molecular weight excluding hydrogens is 246 g/mol. The smallest absolute Gasteiger partial charge is 0.324 e. The van der Waals surface area contributed by atoms with Crippen LogP contribution in [0.25, 0.3) is 0 Å². The van der Waals surface area contributed by atoms with Crippen molar-refractivity contribution in [1.29, 1.82) is 0 Å². The van der Waals surface area contributed by atoms with E-state index in [1.807, 2.05) is 0 Å². The fourth-order valence-electron chi connectivity index (χ4n) is 2.55. The first-order valence-corrected chi connectivity index (χ1v) is 6.02. The molecule has 0 saturated heterocycles. The van der Waals surface area contributed by atoms with Crippen molar-refractivity contribution in [3.05, 3.63) is 35.1 Å². The standard InChI is InChI=1S/C13H15F4N/c14-11-6-5-9(13(15,16)17)7-10(11)12(18)8-3-1-2-4-8/h5-8,12H,1-4,18H2.